The van der Waals surface area contributed by atoms with Crippen LogP contribution in [0.15, 0.2) is 36.7 Å². The summed E-state index contributed by atoms with van der Waals surface area (Å²) in [6, 6.07) is 8.76. The van der Waals surface area contributed by atoms with Crippen LogP contribution in [0.5, 0.6) is 0 Å². The Kier molecular flexibility index (Phi) is 5.49. The van der Waals surface area contributed by atoms with Crippen molar-refractivity contribution in [2.24, 2.45) is 0 Å². The first-order chi connectivity index (χ1) is 10.2. The van der Waals surface area contributed by atoms with Gasteiger partial charge < -0.3 is 10.2 Å². The maximum absolute atomic E-state index is 13.5. The fraction of sp³-hybridized carbons (Fsp3) is 0.375. The van der Waals surface area contributed by atoms with Gasteiger partial charge in [-0.2, -0.15) is 0 Å². The molecule has 112 valence electrons. The van der Waals surface area contributed by atoms with Gasteiger partial charge in [0.05, 0.1) is 0 Å². The minimum atomic E-state index is -0.161. The lowest BCUT2D eigenvalue weighted by atomic mass is 10.1. The molecule has 0 unspecified atom stereocenters. The summed E-state index contributed by atoms with van der Waals surface area (Å²) < 4.78 is 13.5. The SMILES string of the molecule is CCN(CC)c1cc(NCCc2ccccc2F)ncn1. The van der Waals surface area contributed by atoms with E-state index in [-0.39, 0.29) is 5.82 Å². The zero-order valence-electron chi connectivity index (χ0n) is 12.5. The van der Waals surface area contributed by atoms with Crippen LogP contribution in [0, 0.1) is 5.82 Å². The number of anilines is 2. The van der Waals surface area contributed by atoms with Gasteiger partial charge in [-0.05, 0) is 31.9 Å². The first-order valence-corrected chi connectivity index (χ1v) is 7.28. The molecule has 4 nitrogen and oxygen atoms in total. The lowest BCUT2D eigenvalue weighted by Gasteiger charge is -2.19. The van der Waals surface area contributed by atoms with E-state index in [0.29, 0.717) is 18.5 Å². The monoisotopic (exact) mass is 288 g/mol. The Morgan fingerprint density at radius 2 is 1.90 bits per heavy atom. The van der Waals surface area contributed by atoms with E-state index >= 15 is 0 Å². The predicted molar refractivity (Wildman–Crippen MR) is 84.2 cm³/mol. The van der Waals surface area contributed by atoms with Crippen LogP contribution in [0.1, 0.15) is 19.4 Å². The van der Waals surface area contributed by atoms with Crippen LogP contribution in [0.25, 0.3) is 0 Å². The molecule has 2 aromatic rings. The first kappa shape index (κ1) is 15.2. The summed E-state index contributed by atoms with van der Waals surface area (Å²) in [6.07, 6.45) is 2.18. The Balaban J connectivity index is 1.94. The van der Waals surface area contributed by atoms with Crippen molar-refractivity contribution in [3.8, 4) is 0 Å². The highest BCUT2D eigenvalue weighted by atomic mass is 19.1. The predicted octanol–water partition coefficient (Wildman–Crippen LogP) is 3.12. The third kappa shape index (κ3) is 4.15. The molecule has 0 aliphatic heterocycles. The lowest BCUT2D eigenvalue weighted by Crippen LogP contribution is -2.23. The fourth-order valence-corrected chi connectivity index (χ4v) is 2.19. The van der Waals surface area contributed by atoms with Crippen LogP contribution in [-0.4, -0.2) is 29.6 Å². The number of nitrogens with zero attached hydrogens (tertiary/aromatic N) is 3. The highest BCUT2D eigenvalue weighted by molar-refractivity contribution is 5.48. The molecule has 1 aromatic heterocycles. The summed E-state index contributed by atoms with van der Waals surface area (Å²) >= 11 is 0. The quantitative estimate of drug-likeness (QED) is 0.850. The summed E-state index contributed by atoms with van der Waals surface area (Å²) in [5.74, 6) is 1.51. The fourth-order valence-electron chi connectivity index (χ4n) is 2.19. The second-order valence-corrected chi connectivity index (χ2v) is 4.70. The van der Waals surface area contributed by atoms with Crippen molar-refractivity contribution in [1.29, 1.82) is 0 Å². The van der Waals surface area contributed by atoms with Crippen molar-refractivity contribution >= 4 is 11.6 Å². The second-order valence-electron chi connectivity index (χ2n) is 4.70. The van der Waals surface area contributed by atoms with Crippen molar-refractivity contribution in [3.05, 3.63) is 48.0 Å². The maximum atomic E-state index is 13.5. The molecule has 0 aliphatic carbocycles. The Morgan fingerprint density at radius 3 is 2.62 bits per heavy atom. The van der Waals surface area contributed by atoms with Gasteiger partial charge in [0, 0.05) is 25.7 Å². The number of rotatable bonds is 7. The number of aromatic nitrogens is 2. The van der Waals surface area contributed by atoms with Crippen LogP contribution in [-0.2, 0) is 6.42 Å². The van der Waals surface area contributed by atoms with Gasteiger partial charge in [0.1, 0.15) is 23.8 Å². The van der Waals surface area contributed by atoms with Gasteiger partial charge >= 0.3 is 0 Å². The molecule has 0 aliphatic rings. The van der Waals surface area contributed by atoms with Crippen LogP contribution in [0.2, 0.25) is 0 Å². The van der Waals surface area contributed by atoms with E-state index in [1.165, 1.54) is 6.07 Å². The molecule has 21 heavy (non-hydrogen) atoms. The number of nitrogens with one attached hydrogen (secondary N) is 1. The third-order valence-electron chi connectivity index (χ3n) is 3.40. The number of halogens is 1. The second kappa shape index (κ2) is 7.57. The molecule has 2 rings (SSSR count). The lowest BCUT2D eigenvalue weighted by molar-refractivity contribution is 0.610. The van der Waals surface area contributed by atoms with Gasteiger partial charge in [0.25, 0.3) is 0 Å². The van der Waals surface area contributed by atoms with Gasteiger partial charge in [0.15, 0.2) is 0 Å². The molecule has 5 heteroatoms. The van der Waals surface area contributed by atoms with E-state index in [2.05, 4.69) is 34.0 Å². The van der Waals surface area contributed by atoms with E-state index in [1.54, 1.807) is 18.5 Å². The van der Waals surface area contributed by atoms with Crippen molar-refractivity contribution in [3.63, 3.8) is 0 Å². The van der Waals surface area contributed by atoms with Crippen molar-refractivity contribution < 1.29 is 4.39 Å². The maximum Gasteiger partial charge on any atom is 0.134 e. The van der Waals surface area contributed by atoms with Gasteiger partial charge in [-0.1, -0.05) is 18.2 Å². The Morgan fingerprint density at radius 1 is 1.14 bits per heavy atom. The average molecular weight is 288 g/mol. The largest absolute Gasteiger partial charge is 0.370 e. The first-order valence-electron chi connectivity index (χ1n) is 7.28. The third-order valence-corrected chi connectivity index (χ3v) is 3.40. The smallest absolute Gasteiger partial charge is 0.134 e. The number of hydrogen-bond donors (Lipinski definition) is 1. The Bertz CT molecular complexity index is 570. The van der Waals surface area contributed by atoms with Gasteiger partial charge in [0.2, 0.25) is 0 Å². The summed E-state index contributed by atoms with van der Waals surface area (Å²) in [7, 11) is 0. The summed E-state index contributed by atoms with van der Waals surface area (Å²) in [6.45, 7) is 6.63. The normalized spacial score (nSPS) is 10.4. The van der Waals surface area contributed by atoms with E-state index in [4.69, 9.17) is 0 Å². The van der Waals surface area contributed by atoms with Crippen LogP contribution in [0.3, 0.4) is 0 Å². The van der Waals surface area contributed by atoms with E-state index in [0.717, 1.165) is 24.7 Å². The van der Waals surface area contributed by atoms with Crippen LogP contribution >= 0.6 is 0 Å². The highest BCUT2D eigenvalue weighted by Gasteiger charge is 2.05. The molecule has 0 bridgehead atoms. The minimum Gasteiger partial charge on any atom is -0.370 e. The zero-order chi connectivity index (χ0) is 15.1. The van der Waals surface area contributed by atoms with E-state index < -0.39 is 0 Å². The van der Waals surface area contributed by atoms with Gasteiger partial charge in [-0.15, -0.1) is 0 Å². The topological polar surface area (TPSA) is 41.0 Å². The molecule has 0 fully saturated rings. The van der Waals surface area contributed by atoms with Crippen molar-refractivity contribution in [2.45, 2.75) is 20.3 Å². The Hall–Kier alpha value is -2.17. The van der Waals surface area contributed by atoms with Gasteiger partial charge in [-0.3, -0.25) is 0 Å². The standard InChI is InChI=1S/C16H21FN4/c1-3-21(4-2)16-11-15(19-12-20-16)18-10-9-13-7-5-6-8-14(13)17/h5-8,11-12H,3-4,9-10H2,1-2H3,(H,18,19,20). The molecule has 0 amide bonds. The highest BCUT2D eigenvalue weighted by Crippen LogP contribution is 2.14. The molecule has 0 saturated carbocycles. The zero-order valence-corrected chi connectivity index (χ0v) is 12.5. The minimum absolute atomic E-state index is 0.161. The number of benzene rings is 1. The molecule has 0 saturated heterocycles. The van der Waals surface area contributed by atoms with Crippen LogP contribution in [0.4, 0.5) is 16.0 Å². The van der Waals surface area contributed by atoms with Crippen molar-refractivity contribution in [1.82, 2.24) is 9.97 Å². The average Bonchev–Trinajstić information content (AvgIpc) is 2.51. The molecule has 1 heterocycles. The summed E-state index contributed by atoms with van der Waals surface area (Å²) in [5.41, 5.74) is 0.711. The number of hydrogen-bond acceptors (Lipinski definition) is 4. The molecule has 0 spiro atoms. The van der Waals surface area contributed by atoms with Gasteiger partial charge in [-0.25, -0.2) is 14.4 Å². The molecule has 0 radical (unpaired) electrons. The Labute approximate surface area is 125 Å². The molecule has 0 atom stereocenters. The molecule has 1 aromatic carbocycles. The summed E-state index contributed by atoms with van der Waals surface area (Å²) in [4.78, 5) is 10.6. The molecular formula is C16H21FN4. The van der Waals surface area contributed by atoms with Crippen LogP contribution < -0.4 is 10.2 Å². The molecular weight excluding hydrogens is 267 g/mol. The van der Waals surface area contributed by atoms with Crippen molar-refractivity contribution in [2.75, 3.05) is 29.9 Å². The van der Waals surface area contributed by atoms with E-state index in [9.17, 15) is 4.39 Å². The van der Waals surface area contributed by atoms with E-state index in [1.807, 2.05) is 12.1 Å². The summed E-state index contributed by atoms with van der Waals surface area (Å²) in [5, 5.41) is 3.22. The molecule has 1 N–H and O–H groups in total.